The number of nitrogens with zero attached hydrogens (tertiary/aromatic N) is 1. The third-order valence-corrected chi connectivity index (χ3v) is 6.95. The first-order chi connectivity index (χ1) is 15.7. The molecular formula is C23H20ClF2N3O3S. The fourth-order valence-corrected chi connectivity index (χ4v) is 4.86. The Balaban J connectivity index is 1.54. The standard InChI is InChI=1S/C23H20ClF2N3O3S/c24-20-9-8-18(33(31,32)28-16-5-3-15(25)4-6-16)14-19(20)23(30)27-17-7-10-22(21(26)13-17)29-11-1-2-12-29/h3-10,13-14,28H,1-2,11-12H2,(H,27,30). The highest BCUT2D eigenvalue weighted by atomic mass is 35.5. The van der Waals surface area contributed by atoms with E-state index in [2.05, 4.69) is 10.0 Å². The van der Waals surface area contributed by atoms with Crippen LogP contribution in [0.4, 0.5) is 25.8 Å². The Morgan fingerprint density at radius 2 is 1.58 bits per heavy atom. The first-order valence-corrected chi connectivity index (χ1v) is 12.0. The SMILES string of the molecule is O=C(Nc1ccc(N2CCCC2)c(F)c1)c1cc(S(=O)(=O)Nc2ccc(F)cc2)ccc1Cl. The topological polar surface area (TPSA) is 78.5 Å². The van der Waals surface area contributed by atoms with Crippen LogP contribution in [0.1, 0.15) is 23.2 Å². The first kappa shape index (κ1) is 23.0. The summed E-state index contributed by atoms with van der Waals surface area (Å²) in [5.74, 6) is -1.65. The number of carbonyl (C=O) groups excluding carboxylic acids is 1. The van der Waals surface area contributed by atoms with Gasteiger partial charge in [0.1, 0.15) is 11.6 Å². The van der Waals surface area contributed by atoms with E-state index in [1.54, 1.807) is 12.1 Å². The average Bonchev–Trinajstić information content (AvgIpc) is 3.30. The maximum Gasteiger partial charge on any atom is 0.261 e. The molecule has 3 aromatic carbocycles. The molecule has 1 aliphatic rings. The number of anilines is 3. The van der Waals surface area contributed by atoms with E-state index in [1.807, 2.05) is 4.90 Å². The molecule has 1 heterocycles. The highest BCUT2D eigenvalue weighted by molar-refractivity contribution is 7.92. The Labute approximate surface area is 195 Å². The molecule has 172 valence electrons. The molecule has 6 nitrogen and oxygen atoms in total. The van der Waals surface area contributed by atoms with Crippen molar-refractivity contribution in [1.82, 2.24) is 0 Å². The Morgan fingerprint density at radius 3 is 2.24 bits per heavy atom. The molecular weight excluding hydrogens is 472 g/mol. The zero-order valence-electron chi connectivity index (χ0n) is 17.3. The summed E-state index contributed by atoms with van der Waals surface area (Å²) in [6, 6.07) is 12.8. The first-order valence-electron chi connectivity index (χ1n) is 10.2. The monoisotopic (exact) mass is 491 g/mol. The molecule has 1 amide bonds. The zero-order chi connectivity index (χ0) is 23.6. The Hall–Kier alpha value is -3.17. The van der Waals surface area contributed by atoms with Crippen LogP contribution < -0.4 is 14.9 Å². The molecule has 1 aliphatic heterocycles. The van der Waals surface area contributed by atoms with E-state index in [1.165, 1.54) is 30.3 Å². The van der Waals surface area contributed by atoms with Gasteiger partial charge < -0.3 is 10.2 Å². The lowest BCUT2D eigenvalue weighted by Gasteiger charge is -2.19. The third kappa shape index (κ3) is 5.26. The number of nitrogens with one attached hydrogen (secondary N) is 2. The van der Waals surface area contributed by atoms with E-state index in [0.717, 1.165) is 44.1 Å². The van der Waals surface area contributed by atoms with Crippen molar-refractivity contribution in [2.45, 2.75) is 17.7 Å². The normalized spacial score (nSPS) is 13.7. The van der Waals surface area contributed by atoms with Crippen LogP contribution in [0.2, 0.25) is 5.02 Å². The molecule has 0 radical (unpaired) electrons. The molecule has 33 heavy (non-hydrogen) atoms. The fraction of sp³-hybridized carbons (Fsp3) is 0.174. The Morgan fingerprint density at radius 1 is 0.909 bits per heavy atom. The summed E-state index contributed by atoms with van der Waals surface area (Å²) >= 11 is 6.13. The zero-order valence-corrected chi connectivity index (χ0v) is 18.9. The van der Waals surface area contributed by atoms with E-state index in [9.17, 15) is 22.0 Å². The summed E-state index contributed by atoms with van der Waals surface area (Å²) in [5.41, 5.74) is 0.756. The minimum Gasteiger partial charge on any atom is -0.369 e. The lowest BCUT2D eigenvalue weighted by atomic mass is 10.2. The van der Waals surface area contributed by atoms with Gasteiger partial charge in [-0.05, 0) is 73.5 Å². The molecule has 10 heteroatoms. The predicted molar refractivity (Wildman–Crippen MR) is 124 cm³/mol. The molecule has 0 bridgehead atoms. The molecule has 4 rings (SSSR count). The molecule has 0 aliphatic carbocycles. The van der Waals surface area contributed by atoms with Gasteiger partial charge in [0.15, 0.2) is 0 Å². The molecule has 0 atom stereocenters. The maximum absolute atomic E-state index is 14.6. The highest BCUT2D eigenvalue weighted by Gasteiger charge is 2.20. The van der Waals surface area contributed by atoms with Crippen LogP contribution in [0.3, 0.4) is 0 Å². The molecule has 3 aromatic rings. The lowest BCUT2D eigenvalue weighted by Crippen LogP contribution is -2.19. The second-order valence-electron chi connectivity index (χ2n) is 7.57. The lowest BCUT2D eigenvalue weighted by molar-refractivity contribution is 0.102. The summed E-state index contributed by atoms with van der Waals surface area (Å²) in [4.78, 5) is 14.5. The molecule has 0 saturated carbocycles. The predicted octanol–water partition coefficient (Wildman–Crippen LogP) is 5.27. The number of sulfonamides is 1. The number of hydrogen-bond donors (Lipinski definition) is 2. The maximum atomic E-state index is 14.6. The van der Waals surface area contributed by atoms with Crippen molar-refractivity contribution in [3.05, 3.63) is 82.9 Å². The van der Waals surface area contributed by atoms with E-state index in [4.69, 9.17) is 11.6 Å². The van der Waals surface area contributed by atoms with Crippen LogP contribution in [0.15, 0.2) is 65.6 Å². The molecule has 0 unspecified atom stereocenters. The summed E-state index contributed by atoms with van der Waals surface area (Å²) in [6.07, 6.45) is 2.01. The summed E-state index contributed by atoms with van der Waals surface area (Å²) < 4.78 is 55.4. The molecule has 0 aromatic heterocycles. The summed E-state index contributed by atoms with van der Waals surface area (Å²) in [7, 11) is -4.07. The van der Waals surface area contributed by atoms with Gasteiger partial charge in [-0.1, -0.05) is 11.6 Å². The van der Waals surface area contributed by atoms with Crippen LogP contribution >= 0.6 is 11.6 Å². The van der Waals surface area contributed by atoms with Crippen molar-refractivity contribution >= 4 is 44.6 Å². The van der Waals surface area contributed by atoms with Gasteiger partial charge in [-0.3, -0.25) is 9.52 Å². The minimum atomic E-state index is -4.07. The van der Waals surface area contributed by atoms with E-state index >= 15 is 0 Å². The highest BCUT2D eigenvalue weighted by Crippen LogP contribution is 2.28. The number of benzene rings is 3. The van der Waals surface area contributed by atoms with Crippen molar-refractivity contribution in [3.8, 4) is 0 Å². The smallest absolute Gasteiger partial charge is 0.261 e. The second-order valence-corrected chi connectivity index (χ2v) is 9.66. The van der Waals surface area contributed by atoms with Crippen LogP contribution in [0.5, 0.6) is 0 Å². The Bertz CT molecular complexity index is 1290. The molecule has 2 N–H and O–H groups in total. The van der Waals surface area contributed by atoms with Crippen molar-refractivity contribution in [2.24, 2.45) is 0 Å². The number of halogens is 3. The van der Waals surface area contributed by atoms with E-state index < -0.39 is 27.6 Å². The van der Waals surface area contributed by atoms with Gasteiger partial charge in [0.05, 0.1) is 21.2 Å². The number of amides is 1. The van der Waals surface area contributed by atoms with Gasteiger partial charge in [-0.2, -0.15) is 0 Å². The Kier molecular flexibility index (Phi) is 6.53. The van der Waals surface area contributed by atoms with Crippen LogP contribution in [-0.2, 0) is 10.0 Å². The fourth-order valence-electron chi connectivity index (χ4n) is 3.58. The number of carbonyl (C=O) groups is 1. The molecule has 1 fully saturated rings. The van der Waals surface area contributed by atoms with Gasteiger partial charge in [0.25, 0.3) is 15.9 Å². The van der Waals surface area contributed by atoms with Crippen molar-refractivity contribution in [1.29, 1.82) is 0 Å². The van der Waals surface area contributed by atoms with Gasteiger partial charge >= 0.3 is 0 Å². The largest absolute Gasteiger partial charge is 0.369 e. The summed E-state index contributed by atoms with van der Waals surface area (Å²) in [6.45, 7) is 1.57. The molecule has 1 saturated heterocycles. The summed E-state index contributed by atoms with van der Waals surface area (Å²) in [5, 5.41) is 2.58. The third-order valence-electron chi connectivity index (χ3n) is 5.24. The van der Waals surface area contributed by atoms with Gasteiger partial charge in [0, 0.05) is 24.5 Å². The second kappa shape index (κ2) is 9.36. The van der Waals surface area contributed by atoms with E-state index in [0.29, 0.717) is 5.69 Å². The van der Waals surface area contributed by atoms with Crippen LogP contribution in [0, 0.1) is 11.6 Å². The van der Waals surface area contributed by atoms with Crippen LogP contribution in [0.25, 0.3) is 0 Å². The molecule has 0 spiro atoms. The quantitative estimate of drug-likeness (QED) is 0.492. The van der Waals surface area contributed by atoms with Gasteiger partial charge in [-0.25, -0.2) is 17.2 Å². The van der Waals surface area contributed by atoms with Gasteiger partial charge in [0.2, 0.25) is 0 Å². The van der Waals surface area contributed by atoms with Gasteiger partial charge in [-0.15, -0.1) is 0 Å². The number of hydrogen-bond acceptors (Lipinski definition) is 4. The van der Waals surface area contributed by atoms with Crippen molar-refractivity contribution in [2.75, 3.05) is 28.0 Å². The minimum absolute atomic E-state index is 0.0300. The van der Waals surface area contributed by atoms with E-state index in [-0.39, 0.29) is 26.9 Å². The average molecular weight is 492 g/mol. The van der Waals surface area contributed by atoms with Crippen LogP contribution in [-0.4, -0.2) is 27.4 Å². The van der Waals surface area contributed by atoms with Crippen molar-refractivity contribution < 1.29 is 22.0 Å². The number of rotatable bonds is 6. The van der Waals surface area contributed by atoms with Crippen molar-refractivity contribution in [3.63, 3.8) is 0 Å².